The van der Waals surface area contributed by atoms with Gasteiger partial charge in [-0.1, -0.05) is 6.92 Å². The zero-order chi connectivity index (χ0) is 16.2. The second-order valence-corrected chi connectivity index (χ2v) is 7.39. The summed E-state index contributed by atoms with van der Waals surface area (Å²) in [5.74, 6) is -0.897. The van der Waals surface area contributed by atoms with E-state index < -0.39 is 15.8 Å². The highest BCUT2D eigenvalue weighted by Crippen LogP contribution is 2.24. The SMILES string of the molecule is CCCNC(=O)[C@H]1CCCN(S(=O)(=O)c2ccc(F)cc2)C1. The van der Waals surface area contributed by atoms with Gasteiger partial charge in [0.15, 0.2) is 0 Å². The van der Waals surface area contributed by atoms with E-state index >= 15 is 0 Å². The molecule has 0 radical (unpaired) electrons. The molecule has 1 atom stereocenters. The minimum Gasteiger partial charge on any atom is -0.356 e. The summed E-state index contributed by atoms with van der Waals surface area (Å²) >= 11 is 0. The van der Waals surface area contributed by atoms with Gasteiger partial charge in [-0.15, -0.1) is 0 Å². The fourth-order valence-electron chi connectivity index (χ4n) is 2.52. The summed E-state index contributed by atoms with van der Waals surface area (Å²) in [5, 5.41) is 2.81. The molecular weight excluding hydrogens is 307 g/mol. The fourth-order valence-corrected chi connectivity index (χ4v) is 4.05. The first kappa shape index (κ1) is 16.9. The van der Waals surface area contributed by atoms with Crippen molar-refractivity contribution in [2.24, 2.45) is 5.92 Å². The highest BCUT2D eigenvalue weighted by atomic mass is 32.2. The van der Waals surface area contributed by atoms with E-state index in [-0.39, 0.29) is 23.3 Å². The summed E-state index contributed by atoms with van der Waals surface area (Å²) in [5.41, 5.74) is 0. The van der Waals surface area contributed by atoms with E-state index in [4.69, 9.17) is 0 Å². The number of carbonyl (C=O) groups excluding carboxylic acids is 1. The van der Waals surface area contributed by atoms with E-state index in [1.807, 2.05) is 6.92 Å². The third kappa shape index (κ3) is 3.84. The van der Waals surface area contributed by atoms with Crippen molar-refractivity contribution in [2.75, 3.05) is 19.6 Å². The Kier molecular flexibility index (Phi) is 5.52. The minimum atomic E-state index is -3.68. The minimum absolute atomic E-state index is 0.0588. The molecule has 2 rings (SSSR count). The molecule has 7 heteroatoms. The van der Waals surface area contributed by atoms with Crippen LogP contribution in [0.5, 0.6) is 0 Å². The van der Waals surface area contributed by atoms with E-state index in [9.17, 15) is 17.6 Å². The Morgan fingerprint density at radius 3 is 2.68 bits per heavy atom. The monoisotopic (exact) mass is 328 g/mol. The summed E-state index contributed by atoms with van der Waals surface area (Å²) in [4.78, 5) is 12.1. The van der Waals surface area contributed by atoms with Gasteiger partial charge >= 0.3 is 0 Å². The molecule has 1 N–H and O–H groups in total. The molecule has 1 amide bonds. The van der Waals surface area contributed by atoms with Crippen LogP contribution in [-0.2, 0) is 14.8 Å². The normalized spacial score (nSPS) is 19.8. The van der Waals surface area contributed by atoms with Gasteiger partial charge in [-0.25, -0.2) is 12.8 Å². The third-order valence-electron chi connectivity index (χ3n) is 3.76. The van der Waals surface area contributed by atoms with E-state index in [0.29, 0.717) is 25.9 Å². The highest BCUT2D eigenvalue weighted by Gasteiger charge is 2.33. The molecule has 1 fully saturated rings. The first-order valence-electron chi connectivity index (χ1n) is 7.48. The summed E-state index contributed by atoms with van der Waals surface area (Å²) in [6.45, 7) is 3.12. The number of piperidine rings is 1. The Balaban J connectivity index is 2.11. The molecule has 5 nitrogen and oxygen atoms in total. The first-order valence-corrected chi connectivity index (χ1v) is 8.92. The van der Waals surface area contributed by atoms with Crippen LogP contribution in [0, 0.1) is 11.7 Å². The van der Waals surface area contributed by atoms with Gasteiger partial charge in [0.2, 0.25) is 15.9 Å². The summed E-state index contributed by atoms with van der Waals surface area (Å²) in [6.07, 6.45) is 2.17. The molecule has 0 saturated carbocycles. The molecule has 0 bridgehead atoms. The fraction of sp³-hybridized carbons (Fsp3) is 0.533. The van der Waals surface area contributed by atoms with Gasteiger partial charge in [0.1, 0.15) is 5.82 Å². The van der Waals surface area contributed by atoms with Crippen LogP contribution in [0.1, 0.15) is 26.2 Å². The van der Waals surface area contributed by atoms with Gasteiger partial charge < -0.3 is 5.32 Å². The summed E-state index contributed by atoms with van der Waals surface area (Å²) < 4.78 is 39.4. The second kappa shape index (κ2) is 7.19. The van der Waals surface area contributed by atoms with E-state index in [2.05, 4.69) is 5.32 Å². The van der Waals surface area contributed by atoms with Crippen LogP contribution in [0.2, 0.25) is 0 Å². The van der Waals surface area contributed by atoms with Crippen molar-refractivity contribution in [2.45, 2.75) is 31.1 Å². The van der Waals surface area contributed by atoms with Crippen molar-refractivity contribution in [1.29, 1.82) is 0 Å². The Hall–Kier alpha value is -1.47. The second-order valence-electron chi connectivity index (χ2n) is 5.45. The number of halogens is 1. The highest BCUT2D eigenvalue weighted by molar-refractivity contribution is 7.89. The number of rotatable bonds is 5. The van der Waals surface area contributed by atoms with E-state index in [1.165, 1.54) is 16.4 Å². The van der Waals surface area contributed by atoms with Crippen molar-refractivity contribution < 1.29 is 17.6 Å². The lowest BCUT2D eigenvalue weighted by Gasteiger charge is -2.31. The maximum atomic E-state index is 12.9. The van der Waals surface area contributed by atoms with E-state index in [1.54, 1.807) is 0 Å². The molecule has 0 aliphatic carbocycles. The molecule has 122 valence electrons. The number of nitrogens with zero attached hydrogens (tertiary/aromatic N) is 1. The van der Waals surface area contributed by atoms with Gasteiger partial charge in [-0.05, 0) is 43.5 Å². The van der Waals surface area contributed by atoms with Gasteiger partial charge in [0, 0.05) is 19.6 Å². The largest absolute Gasteiger partial charge is 0.356 e. The number of carbonyl (C=O) groups is 1. The average Bonchev–Trinajstić information content (AvgIpc) is 2.53. The molecule has 1 aromatic rings. The topological polar surface area (TPSA) is 66.5 Å². The Labute approximate surface area is 130 Å². The lowest BCUT2D eigenvalue weighted by atomic mass is 9.99. The van der Waals surface area contributed by atoms with Crippen LogP contribution >= 0.6 is 0 Å². The van der Waals surface area contributed by atoms with Gasteiger partial charge in [0.25, 0.3) is 0 Å². The van der Waals surface area contributed by atoms with Crippen LogP contribution in [0.4, 0.5) is 4.39 Å². The van der Waals surface area contributed by atoms with Crippen molar-refractivity contribution in [1.82, 2.24) is 9.62 Å². The average molecular weight is 328 g/mol. The zero-order valence-electron chi connectivity index (χ0n) is 12.6. The number of hydrogen-bond donors (Lipinski definition) is 1. The lowest BCUT2D eigenvalue weighted by Crippen LogP contribution is -2.45. The molecule has 1 saturated heterocycles. The molecule has 1 aliphatic heterocycles. The molecule has 1 heterocycles. The van der Waals surface area contributed by atoms with Crippen molar-refractivity contribution in [3.63, 3.8) is 0 Å². The van der Waals surface area contributed by atoms with E-state index in [0.717, 1.165) is 18.6 Å². The van der Waals surface area contributed by atoms with Crippen LogP contribution in [0.25, 0.3) is 0 Å². The Morgan fingerprint density at radius 1 is 1.36 bits per heavy atom. The summed E-state index contributed by atoms with van der Waals surface area (Å²) in [7, 11) is -3.68. The van der Waals surface area contributed by atoms with Crippen LogP contribution < -0.4 is 5.32 Å². The number of benzene rings is 1. The molecule has 0 spiro atoms. The van der Waals surface area contributed by atoms with Gasteiger partial charge in [-0.2, -0.15) is 4.31 Å². The van der Waals surface area contributed by atoms with Gasteiger partial charge in [-0.3, -0.25) is 4.79 Å². The number of hydrogen-bond acceptors (Lipinski definition) is 3. The quantitative estimate of drug-likeness (QED) is 0.895. The molecule has 1 aromatic carbocycles. The zero-order valence-corrected chi connectivity index (χ0v) is 13.4. The first-order chi connectivity index (χ1) is 10.4. The molecule has 0 unspecified atom stereocenters. The Morgan fingerprint density at radius 2 is 2.05 bits per heavy atom. The third-order valence-corrected chi connectivity index (χ3v) is 5.63. The standard InChI is InChI=1S/C15H21FN2O3S/c1-2-9-17-15(19)12-4-3-10-18(11-12)22(20,21)14-7-5-13(16)6-8-14/h5-8,12H,2-4,9-11H2,1H3,(H,17,19)/t12-/m0/s1. The number of sulfonamides is 1. The maximum absolute atomic E-state index is 12.9. The number of amides is 1. The molecule has 0 aromatic heterocycles. The van der Waals surface area contributed by atoms with Crippen LogP contribution in [0.3, 0.4) is 0 Å². The lowest BCUT2D eigenvalue weighted by molar-refractivity contribution is -0.126. The van der Waals surface area contributed by atoms with Crippen LogP contribution in [0.15, 0.2) is 29.2 Å². The molecule has 1 aliphatic rings. The van der Waals surface area contributed by atoms with Crippen molar-refractivity contribution in [3.8, 4) is 0 Å². The summed E-state index contributed by atoms with van der Waals surface area (Å²) in [6, 6.07) is 4.77. The van der Waals surface area contributed by atoms with Crippen molar-refractivity contribution in [3.05, 3.63) is 30.1 Å². The number of nitrogens with one attached hydrogen (secondary N) is 1. The molecular formula is C15H21FN2O3S. The van der Waals surface area contributed by atoms with Gasteiger partial charge in [0.05, 0.1) is 10.8 Å². The molecule has 22 heavy (non-hydrogen) atoms. The Bertz CT molecular complexity index is 616. The predicted octanol–water partition coefficient (Wildman–Crippen LogP) is 1.75. The smallest absolute Gasteiger partial charge is 0.243 e. The predicted molar refractivity (Wildman–Crippen MR) is 81.2 cm³/mol. The maximum Gasteiger partial charge on any atom is 0.243 e. The van der Waals surface area contributed by atoms with Crippen molar-refractivity contribution >= 4 is 15.9 Å². The van der Waals surface area contributed by atoms with Crippen LogP contribution in [-0.4, -0.2) is 38.3 Å².